The normalized spacial score (nSPS) is 12.1. The quantitative estimate of drug-likeness (QED) is 0.716. The number of nitrogens with two attached hydrogens (primary N) is 1. The number of thiophene rings is 1. The van der Waals surface area contributed by atoms with E-state index in [4.69, 9.17) is 5.73 Å². The first-order valence-electron chi connectivity index (χ1n) is 7.65. The number of hydrogen-bond donors (Lipinski definition) is 2. The molecule has 124 valence electrons. The van der Waals surface area contributed by atoms with Crippen molar-refractivity contribution in [1.82, 2.24) is 20.1 Å². The highest BCUT2D eigenvalue weighted by Gasteiger charge is 2.16. The second kappa shape index (κ2) is 7.37. The Kier molecular flexibility index (Phi) is 5.02. The topological polar surface area (TPSA) is 85.8 Å². The number of rotatable bonds is 6. The van der Waals surface area contributed by atoms with E-state index in [9.17, 15) is 4.79 Å². The Morgan fingerprint density at radius 3 is 2.83 bits per heavy atom. The van der Waals surface area contributed by atoms with Crippen molar-refractivity contribution in [2.24, 2.45) is 12.8 Å². The summed E-state index contributed by atoms with van der Waals surface area (Å²) < 4.78 is 1.68. The van der Waals surface area contributed by atoms with Crippen molar-refractivity contribution < 1.29 is 4.79 Å². The van der Waals surface area contributed by atoms with Gasteiger partial charge in [-0.15, -0.1) is 11.3 Å². The number of carbonyl (C=O) groups is 1. The van der Waals surface area contributed by atoms with E-state index in [1.807, 2.05) is 48.8 Å². The molecule has 0 aliphatic rings. The summed E-state index contributed by atoms with van der Waals surface area (Å²) in [5.74, 6) is 0.629. The largest absolute Gasteiger partial charge is 0.347 e. The summed E-state index contributed by atoms with van der Waals surface area (Å²) in [4.78, 5) is 17.3. The molecule has 0 bridgehead atoms. The average Bonchev–Trinajstić information content (AvgIpc) is 3.23. The molecule has 0 saturated heterocycles. The van der Waals surface area contributed by atoms with Crippen molar-refractivity contribution in [3.63, 3.8) is 0 Å². The van der Waals surface area contributed by atoms with E-state index >= 15 is 0 Å². The maximum atomic E-state index is 12.5. The monoisotopic (exact) mass is 341 g/mol. The zero-order chi connectivity index (χ0) is 16.9. The van der Waals surface area contributed by atoms with E-state index in [0.717, 1.165) is 17.0 Å². The zero-order valence-electron chi connectivity index (χ0n) is 13.3. The summed E-state index contributed by atoms with van der Waals surface area (Å²) in [7, 11) is 1.82. The fourth-order valence-electron chi connectivity index (χ4n) is 2.48. The van der Waals surface area contributed by atoms with Gasteiger partial charge in [0.25, 0.3) is 5.91 Å². The number of nitrogens with one attached hydrogen (secondary N) is 1. The molecule has 2 aromatic heterocycles. The van der Waals surface area contributed by atoms with Gasteiger partial charge in [0.05, 0.1) is 4.88 Å². The van der Waals surface area contributed by atoms with Crippen molar-refractivity contribution in [3.8, 4) is 11.4 Å². The lowest BCUT2D eigenvalue weighted by atomic mass is 10.1. The Labute approximate surface area is 144 Å². The Morgan fingerprint density at radius 1 is 1.38 bits per heavy atom. The van der Waals surface area contributed by atoms with Gasteiger partial charge in [0, 0.05) is 30.6 Å². The molecule has 0 aliphatic carbocycles. The lowest BCUT2D eigenvalue weighted by molar-refractivity contribution is 0.0942. The molecule has 0 spiro atoms. The molecular formula is C17H19N5OS. The minimum absolute atomic E-state index is 0.0970. The van der Waals surface area contributed by atoms with Gasteiger partial charge >= 0.3 is 0 Å². The Hall–Kier alpha value is -2.51. The van der Waals surface area contributed by atoms with Crippen molar-refractivity contribution >= 4 is 17.2 Å². The van der Waals surface area contributed by atoms with E-state index in [1.165, 1.54) is 17.7 Å². The molecule has 1 aromatic carbocycles. The number of carbonyl (C=O) groups excluding carboxylic acids is 1. The molecule has 1 amide bonds. The SMILES string of the molecule is Cn1ncnc1-c1csc(C(=O)NC(CN)Cc2ccccc2)c1. The van der Waals surface area contributed by atoms with Gasteiger partial charge in [0.15, 0.2) is 5.82 Å². The molecule has 3 aromatic rings. The van der Waals surface area contributed by atoms with Crippen molar-refractivity contribution in [2.75, 3.05) is 6.54 Å². The molecule has 2 heterocycles. The highest BCUT2D eigenvalue weighted by molar-refractivity contribution is 7.12. The van der Waals surface area contributed by atoms with Gasteiger partial charge < -0.3 is 11.1 Å². The van der Waals surface area contributed by atoms with Gasteiger partial charge in [0.1, 0.15) is 6.33 Å². The predicted molar refractivity (Wildman–Crippen MR) is 94.8 cm³/mol. The van der Waals surface area contributed by atoms with E-state index in [2.05, 4.69) is 15.4 Å². The summed E-state index contributed by atoms with van der Waals surface area (Å²) in [6, 6.07) is 11.7. The van der Waals surface area contributed by atoms with E-state index in [1.54, 1.807) is 4.68 Å². The number of aryl methyl sites for hydroxylation is 1. The molecule has 0 radical (unpaired) electrons. The van der Waals surface area contributed by atoms with Crippen LogP contribution in [0.4, 0.5) is 0 Å². The molecule has 0 saturated carbocycles. The Bertz CT molecular complexity index is 811. The molecular weight excluding hydrogens is 322 g/mol. The zero-order valence-corrected chi connectivity index (χ0v) is 14.2. The summed E-state index contributed by atoms with van der Waals surface area (Å²) >= 11 is 1.39. The number of aromatic nitrogens is 3. The van der Waals surface area contributed by atoms with Crippen LogP contribution in [0.2, 0.25) is 0 Å². The molecule has 6 nitrogen and oxygen atoms in total. The first kappa shape index (κ1) is 16.4. The molecule has 3 N–H and O–H groups in total. The number of hydrogen-bond acceptors (Lipinski definition) is 5. The molecule has 1 unspecified atom stereocenters. The smallest absolute Gasteiger partial charge is 0.261 e. The van der Waals surface area contributed by atoms with Crippen LogP contribution >= 0.6 is 11.3 Å². The lowest BCUT2D eigenvalue weighted by Gasteiger charge is -2.16. The van der Waals surface area contributed by atoms with Crippen LogP contribution in [0.1, 0.15) is 15.2 Å². The van der Waals surface area contributed by atoms with Crippen LogP contribution in [0.15, 0.2) is 48.1 Å². The van der Waals surface area contributed by atoms with Crippen LogP contribution in [0, 0.1) is 0 Å². The molecule has 3 rings (SSSR count). The third-order valence-corrected chi connectivity index (χ3v) is 4.67. The first-order chi connectivity index (χ1) is 11.7. The lowest BCUT2D eigenvalue weighted by Crippen LogP contribution is -2.41. The van der Waals surface area contributed by atoms with Gasteiger partial charge in [-0.05, 0) is 18.1 Å². The van der Waals surface area contributed by atoms with Crippen LogP contribution in [0.25, 0.3) is 11.4 Å². The predicted octanol–water partition coefficient (Wildman–Crippen LogP) is 1.84. The standard InChI is InChI=1S/C17H19N5OS/c1-22-16(19-11-20-22)13-8-15(24-10-13)17(23)21-14(9-18)7-12-5-3-2-4-6-12/h2-6,8,10-11,14H,7,9,18H2,1H3,(H,21,23). The Balaban J connectivity index is 1.68. The van der Waals surface area contributed by atoms with Crippen LogP contribution in [0.5, 0.6) is 0 Å². The number of benzene rings is 1. The van der Waals surface area contributed by atoms with Gasteiger partial charge in [-0.3, -0.25) is 4.79 Å². The third kappa shape index (κ3) is 3.69. The molecule has 0 fully saturated rings. The minimum Gasteiger partial charge on any atom is -0.347 e. The van der Waals surface area contributed by atoms with Crippen molar-refractivity contribution in [2.45, 2.75) is 12.5 Å². The maximum Gasteiger partial charge on any atom is 0.261 e. The van der Waals surface area contributed by atoms with Gasteiger partial charge in [-0.1, -0.05) is 30.3 Å². The second-order valence-corrected chi connectivity index (χ2v) is 6.41. The summed E-state index contributed by atoms with van der Waals surface area (Å²) in [5, 5.41) is 8.97. The van der Waals surface area contributed by atoms with Gasteiger partial charge in [0.2, 0.25) is 0 Å². The van der Waals surface area contributed by atoms with Crippen LogP contribution < -0.4 is 11.1 Å². The molecule has 7 heteroatoms. The average molecular weight is 341 g/mol. The van der Waals surface area contributed by atoms with Crippen LogP contribution in [-0.4, -0.2) is 33.3 Å². The molecule has 1 atom stereocenters. The molecule has 24 heavy (non-hydrogen) atoms. The van der Waals surface area contributed by atoms with E-state index in [-0.39, 0.29) is 11.9 Å². The first-order valence-corrected chi connectivity index (χ1v) is 8.53. The number of amides is 1. The third-order valence-electron chi connectivity index (χ3n) is 3.74. The Morgan fingerprint density at radius 2 is 2.17 bits per heavy atom. The highest BCUT2D eigenvalue weighted by atomic mass is 32.1. The minimum atomic E-state index is -0.111. The van der Waals surface area contributed by atoms with Gasteiger partial charge in [-0.25, -0.2) is 9.67 Å². The van der Waals surface area contributed by atoms with E-state index in [0.29, 0.717) is 17.8 Å². The van der Waals surface area contributed by atoms with Crippen LogP contribution in [0.3, 0.4) is 0 Å². The van der Waals surface area contributed by atoms with Crippen LogP contribution in [-0.2, 0) is 13.5 Å². The highest BCUT2D eigenvalue weighted by Crippen LogP contribution is 2.23. The molecule has 0 aliphatic heterocycles. The second-order valence-electron chi connectivity index (χ2n) is 5.50. The fraction of sp³-hybridized carbons (Fsp3) is 0.235. The summed E-state index contributed by atoms with van der Waals surface area (Å²) in [6.07, 6.45) is 2.21. The maximum absolute atomic E-state index is 12.5. The van der Waals surface area contributed by atoms with Crippen molar-refractivity contribution in [3.05, 3.63) is 58.5 Å². The van der Waals surface area contributed by atoms with Gasteiger partial charge in [-0.2, -0.15) is 5.10 Å². The van der Waals surface area contributed by atoms with Crippen molar-refractivity contribution in [1.29, 1.82) is 0 Å². The fourth-order valence-corrected chi connectivity index (χ4v) is 3.27. The summed E-state index contributed by atoms with van der Waals surface area (Å²) in [6.45, 7) is 0.391. The summed E-state index contributed by atoms with van der Waals surface area (Å²) in [5.41, 5.74) is 7.85. The van der Waals surface area contributed by atoms with E-state index < -0.39 is 0 Å². The number of nitrogens with zero attached hydrogens (tertiary/aromatic N) is 3.